The van der Waals surface area contributed by atoms with E-state index in [4.69, 9.17) is 4.74 Å². The highest BCUT2D eigenvalue weighted by atomic mass is 32.1. The molecule has 2 aromatic rings. The first kappa shape index (κ1) is 14.6. The Hall–Kier alpha value is -1.36. The van der Waals surface area contributed by atoms with Gasteiger partial charge >= 0.3 is 0 Å². The minimum Gasteiger partial charge on any atom is -0.497 e. The molecule has 1 aromatic carbocycles. The number of hydrogen-bond donors (Lipinski definition) is 1. The van der Waals surface area contributed by atoms with Gasteiger partial charge in [0.1, 0.15) is 5.75 Å². The summed E-state index contributed by atoms with van der Waals surface area (Å²) in [4.78, 5) is 4.04. The van der Waals surface area contributed by atoms with Crippen molar-refractivity contribution in [3.63, 3.8) is 0 Å². The Bertz CT molecular complexity index is 573. The van der Waals surface area contributed by atoms with Crippen LogP contribution < -0.4 is 10.1 Å². The van der Waals surface area contributed by atoms with Crippen molar-refractivity contribution in [1.82, 2.24) is 10.2 Å². The maximum Gasteiger partial charge on any atom is 0.118 e. The second-order valence-corrected chi connectivity index (χ2v) is 6.38. The van der Waals surface area contributed by atoms with Crippen molar-refractivity contribution in [3.8, 4) is 5.75 Å². The Morgan fingerprint density at radius 1 is 1.14 bits per heavy atom. The van der Waals surface area contributed by atoms with E-state index in [1.165, 1.54) is 16.0 Å². The van der Waals surface area contributed by atoms with Crippen LogP contribution in [0.15, 0.2) is 35.7 Å². The summed E-state index contributed by atoms with van der Waals surface area (Å²) >= 11 is 1.86. The number of rotatable bonds is 4. The van der Waals surface area contributed by atoms with E-state index in [1.807, 2.05) is 11.3 Å². The third kappa shape index (κ3) is 3.12. The van der Waals surface area contributed by atoms with Gasteiger partial charge in [-0.05, 0) is 41.6 Å². The fourth-order valence-electron chi connectivity index (χ4n) is 2.92. The van der Waals surface area contributed by atoms with Crippen LogP contribution in [0.1, 0.15) is 22.0 Å². The van der Waals surface area contributed by atoms with Crippen molar-refractivity contribution in [2.75, 3.05) is 33.3 Å². The van der Waals surface area contributed by atoms with Gasteiger partial charge in [-0.25, -0.2) is 0 Å². The molecule has 0 spiro atoms. The van der Waals surface area contributed by atoms with Crippen LogP contribution in [0.5, 0.6) is 5.75 Å². The first-order valence-corrected chi connectivity index (χ1v) is 8.30. The Morgan fingerprint density at radius 2 is 1.86 bits per heavy atom. The number of piperazine rings is 1. The molecule has 1 fully saturated rings. The van der Waals surface area contributed by atoms with Crippen LogP contribution in [-0.4, -0.2) is 38.2 Å². The van der Waals surface area contributed by atoms with Gasteiger partial charge in [0.15, 0.2) is 0 Å². The summed E-state index contributed by atoms with van der Waals surface area (Å²) in [7, 11) is 1.71. The fourth-order valence-corrected chi connectivity index (χ4v) is 4.01. The van der Waals surface area contributed by atoms with Crippen LogP contribution >= 0.6 is 11.3 Å². The minimum absolute atomic E-state index is 0.359. The Morgan fingerprint density at radius 3 is 2.43 bits per heavy atom. The monoisotopic (exact) mass is 302 g/mol. The molecule has 0 saturated carbocycles. The van der Waals surface area contributed by atoms with E-state index < -0.39 is 0 Å². The standard InChI is InChI=1S/C17H22N2OS/c1-13-7-12-21-17(13)16(19-10-8-18-9-11-19)14-3-5-15(20-2)6-4-14/h3-7,12,16,18H,8-11H2,1-2H3. The highest BCUT2D eigenvalue weighted by Crippen LogP contribution is 2.35. The predicted molar refractivity (Wildman–Crippen MR) is 88.3 cm³/mol. The summed E-state index contributed by atoms with van der Waals surface area (Å²) in [6.45, 7) is 6.53. The lowest BCUT2D eigenvalue weighted by Crippen LogP contribution is -2.45. The van der Waals surface area contributed by atoms with E-state index in [-0.39, 0.29) is 0 Å². The number of aryl methyl sites for hydroxylation is 1. The van der Waals surface area contributed by atoms with Crippen molar-refractivity contribution in [1.29, 1.82) is 0 Å². The lowest BCUT2D eigenvalue weighted by molar-refractivity contribution is 0.200. The Kier molecular flexibility index (Phi) is 4.58. The highest BCUT2D eigenvalue weighted by molar-refractivity contribution is 7.10. The third-order valence-electron chi connectivity index (χ3n) is 4.10. The number of thiophene rings is 1. The Balaban J connectivity index is 1.96. The van der Waals surface area contributed by atoms with Gasteiger partial charge in [-0.3, -0.25) is 4.90 Å². The van der Waals surface area contributed by atoms with Gasteiger partial charge in [-0.15, -0.1) is 11.3 Å². The summed E-state index contributed by atoms with van der Waals surface area (Å²) in [5.74, 6) is 0.917. The SMILES string of the molecule is COc1ccc(C(c2sccc2C)N2CCNCC2)cc1. The van der Waals surface area contributed by atoms with E-state index in [2.05, 4.69) is 52.9 Å². The van der Waals surface area contributed by atoms with Gasteiger partial charge < -0.3 is 10.1 Å². The molecule has 3 rings (SSSR count). The van der Waals surface area contributed by atoms with E-state index in [9.17, 15) is 0 Å². The average Bonchev–Trinajstić information content (AvgIpc) is 2.95. The van der Waals surface area contributed by atoms with Crippen molar-refractivity contribution in [3.05, 3.63) is 51.7 Å². The van der Waals surface area contributed by atoms with Gasteiger partial charge in [-0.1, -0.05) is 12.1 Å². The molecule has 3 nitrogen and oxygen atoms in total. The van der Waals surface area contributed by atoms with Crippen LogP contribution in [0.25, 0.3) is 0 Å². The summed E-state index contributed by atoms with van der Waals surface area (Å²) in [5.41, 5.74) is 2.74. The zero-order valence-electron chi connectivity index (χ0n) is 12.6. The minimum atomic E-state index is 0.359. The largest absolute Gasteiger partial charge is 0.497 e. The summed E-state index contributed by atoms with van der Waals surface area (Å²) < 4.78 is 5.29. The normalized spacial score (nSPS) is 17.6. The summed E-state index contributed by atoms with van der Waals surface area (Å²) in [5, 5.41) is 5.64. The lowest BCUT2D eigenvalue weighted by Gasteiger charge is -2.35. The Labute approximate surface area is 130 Å². The molecule has 21 heavy (non-hydrogen) atoms. The van der Waals surface area contributed by atoms with E-state index >= 15 is 0 Å². The van der Waals surface area contributed by atoms with E-state index in [0.717, 1.165) is 31.9 Å². The first-order chi connectivity index (χ1) is 10.3. The van der Waals surface area contributed by atoms with E-state index in [0.29, 0.717) is 6.04 Å². The third-order valence-corrected chi connectivity index (χ3v) is 5.17. The molecule has 0 aliphatic carbocycles. The second kappa shape index (κ2) is 6.60. The summed E-state index contributed by atoms with van der Waals surface area (Å²) in [6.07, 6.45) is 0. The number of nitrogens with zero attached hydrogens (tertiary/aromatic N) is 1. The number of nitrogens with one attached hydrogen (secondary N) is 1. The van der Waals surface area contributed by atoms with Crippen molar-refractivity contribution in [2.24, 2.45) is 0 Å². The maximum absolute atomic E-state index is 5.29. The molecule has 1 N–H and O–H groups in total. The topological polar surface area (TPSA) is 24.5 Å². The van der Waals surface area contributed by atoms with Gasteiger partial charge in [-0.2, -0.15) is 0 Å². The number of benzene rings is 1. The number of hydrogen-bond acceptors (Lipinski definition) is 4. The molecule has 1 atom stereocenters. The smallest absolute Gasteiger partial charge is 0.118 e. The van der Waals surface area contributed by atoms with Crippen molar-refractivity contribution >= 4 is 11.3 Å². The van der Waals surface area contributed by atoms with Gasteiger partial charge in [0.2, 0.25) is 0 Å². The molecular weight excluding hydrogens is 280 g/mol. The number of ether oxygens (including phenoxy) is 1. The molecule has 1 unspecified atom stereocenters. The molecule has 1 saturated heterocycles. The molecular formula is C17H22N2OS. The molecule has 0 radical (unpaired) electrons. The quantitative estimate of drug-likeness (QED) is 0.939. The number of methoxy groups -OCH3 is 1. The van der Waals surface area contributed by atoms with Crippen LogP contribution in [0.3, 0.4) is 0 Å². The van der Waals surface area contributed by atoms with Gasteiger partial charge in [0.05, 0.1) is 13.2 Å². The second-order valence-electron chi connectivity index (χ2n) is 5.43. The van der Waals surface area contributed by atoms with Crippen LogP contribution in [0.4, 0.5) is 0 Å². The molecule has 0 bridgehead atoms. The molecule has 2 heterocycles. The summed E-state index contributed by atoms with van der Waals surface area (Å²) in [6, 6.07) is 11.1. The molecule has 0 amide bonds. The van der Waals surface area contributed by atoms with Gasteiger partial charge in [0.25, 0.3) is 0 Å². The van der Waals surface area contributed by atoms with Crippen molar-refractivity contribution < 1.29 is 4.74 Å². The van der Waals surface area contributed by atoms with Crippen LogP contribution in [0, 0.1) is 6.92 Å². The first-order valence-electron chi connectivity index (χ1n) is 7.42. The molecule has 1 aromatic heterocycles. The van der Waals surface area contributed by atoms with Crippen LogP contribution in [-0.2, 0) is 0 Å². The molecule has 1 aliphatic heterocycles. The predicted octanol–water partition coefficient (Wildman–Crippen LogP) is 3.06. The zero-order chi connectivity index (χ0) is 14.7. The lowest BCUT2D eigenvalue weighted by atomic mass is 10.0. The molecule has 4 heteroatoms. The van der Waals surface area contributed by atoms with Crippen LogP contribution in [0.2, 0.25) is 0 Å². The molecule has 1 aliphatic rings. The molecule has 112 valence electrons. The van der Waals surface area contributed by atoms with E-state index in [1.54, 1.807) is 7.11 Å². The fraction of sp³-hybridized carbons (Fsp3) is 0.412. The van der Waals surface area contributed by atoms with Crippen molar-refractivity contribution in [2.45, 2.75) is 13.0 Å². The van der Waals surface area contributed by atoms with Gasteiger partial charge in [0, 0.05) is 31.1 Å². The highest BCUT2D eigenvalue weighted by Gasteiger charge is 2.25. The average molecular weight is 302 g/mol. The zero-order valence-corrected chi connectivity index (χ0v) is 13.5. The maximum atomic E-state index is 5.29.